The number of piperidine rings is 1. The number of rotatable bonds is 5. The third-order valence-corrected chi connectivity index (χ3v) is 4.83. The van der Waals surface area contributed by atoms with E-state index in [0.717, 1.165) is 37.4 Å². The minimum Gasteiger partial charge on any atom is -0.364 e. The summed E-state index contributed by atoms with van der Waals surface area (Å²) in [5, 5.41) is 3.66. The second-order valence-electron chi connectivity index (χ2n) is 6.04. The fourth-order valence-corrected chi connectivity index (χ4v) is 3.66. The van der Waals surface area contributed by atoms with E-state index >= 15 is 0 Å². The molecule has 2 aromatic rings. The SMILES string of the molecule is NC(=O)c1nocc1CCC1C2CN(c3ncccn3)CC12. The summed E-state index contributed by atoms with van der Waals surface area (Å²) in [5.74, 6) is 2.42. The smallest absolute Gasteiger partial charge is 0.271 e. The van der Waals surface area contributed by atoms with Gasteiger partial charge >= 0.3 is 0 Å². The van der Waals surface area contributed by atoms with Gasteiger partial charge in [-0.2, -0.15) is 0 Å². The van der Waals surface area contributed by atoms with Gasteiger partial charge in [0.1, 0.15) is 6.26 Å². The molecule has 2 atom stereocenters. The molecule has 114 valence electrons. The van der Waals surface area contributed by atoms with E-state index < -0.39 is 5.91 Å². The van der Waals surface area contributed by atoms with Crippen LogP contribution in [0.25, 0.3) is 0 Å². The molecule has 2 aliphatic rings. The molecule has 4 rings (SSSR count). The Kier molecular flexibility index (Phi) is 3.06. The molecule has 3 heterocycles. The molecule has 7 heteroatoms. The van der Waals surface area contributed by atoms with Gasteiger partial charge in [0, 0.05) is 31.0 Å². The Morgan fingerprint density at radius 3 is 2.73 bits per heavy atom. The third-order valence-electron chi connectivity index (χ3n) is 4.83. The van der Waals surface area contributed by atoms with Crippen LogP contribution in [0.3, 0.4) is 0 Å². The average molecular weight is 299 g/mol. The van der Waals surface area contributed by atoms with Crippen LogP contribution in [0.15, 0.2) is 29.2 Å². The van der Waals surface area contributed by atoms with Crippen molar-refractivity contribution in [2.45, 2.75) is 12.8 Å². The minimum atomic E-state index is -0.521. The molecule has 1 amide bonds. The molecular formula is C15H17N5O2. The van der Waals surface area contributed by atoms with E-state index in [1.165, 1.54) is 6.26 Å². The predicted molar refractivity (Wildman–Crippen MR) is 78.1 cm³/mol. The second-order valence-corrected chi connectivity index (χ2v) is 6.04. The van der Waals surface area contributed by atoms with Crippen LogP contribution in [0, 0.1) is 17.8 Å². The summed E-state index contributed by atoms with van der Waals surface area (Å²) in [6.45, 7) is 2.04. The number of carbonyl (C=O) groups is 1. The van der Waals surface area contributed by atoms with Crippen molar-refractivity contribution in [1.29, 1.82) is 0 Å². The highest BCUT2D eigenvalue weighted by Crippen LogP contribution is 2.54. The van der Waals surface area contributed by atoms with Gasteiger partial charge in [0.15, 0.2) is 5.69 Å². The maximum atomic E-state index is 11.2. The number of nitrogens with zero attached hydrogens (tertiary/aromatic N) is 4. The highest BCUT2D eigenvalue weighted by atomic mass is 16.5. The van der Waals surface area contributed by atoms with E-state index in [4.69, 9.17) is 10.3 Å². The number of hydrogen-bond donors (Lipinski definition) is 1. The lowest BCUT2D eigenvalue weighted by molar-refractivity contribution is 0.0991. The van der Waals surface area contributed by atoms with Gasteiger partial charge in [-0.25, -0.2) is 9.97 Å². The predicted octanol–water partition coefficient (Wildman–Crippen LogP) is 0.878. The highest BCUT2D eigenvalue weighted by Gasteiger charge is 2.55. The molecule has 2 unspecified atom stereocenters. The van der Waals surface area contributed by atoms with E-state index in [1.807, 2.05) is 6.07 Å². The number of primary amides is 1. The van der Waals surface area contributed by atoms with Crippen molar-refractivity contribution < 1.29 is 9.32 Å². The van der Waals surface area contributed by atoms with Gasteiger partial charge in [-0.1, -0.05) is 5.16 Å². The quantitative estimate of drug-likeness (QED) is 0.880. The molecule has 0 bridgehead atoms. The topological polar surface area (TPSA) is 98.1 Å². The van der Waals surface area contributed by atoms with Gasteiger partial charge in [-0.3, -0.25) is 4.79 Å². The summed E-state index contributed by atoms with van der Waals surface area (Å²) < 4.78 is 4.85. The van der Waals surface area contributed by atoms with Crippen molar-refractivity contribution in [3.63, 3.8) is 0 Å². The lowest BCUT2D eigenvalue weighted by Crippen LogP contribution is -2.25. The van der Waals surface area contributed by atoms with E-state index in [0.29, 0.717) is 17.8 Å². The lowest BCUT2D eigenvalue weighted by Gasteiger charge is -2.19. The Hall–Kier alpha value is -2.44. The van der Waals surface area contributed by atoms with Gasteiger partial charge in [0.2, 0.25) is 5.95 Å². The van der Waals surface area contributed by atoms with Crippen molar-refractivity contribution in [2.24, 2.45) is 23.5 Å². The Morgan fingerprint density at radius 2 is 2.05 bits per heavy atom. The Bertz CT molecular complexity index is 674. The van der Waals surface area contributed by atoms with Crippen molar-refractivity contribution in [3.8, 4) is 0 Å². The van der Waals surface area contributed by atoms with Crippen LogP contribution in [0.4, 0.5) is 5.95 Å². The number of aromatic nitrogens is 3. The van der Waals surface area contributed by atoms with Crippen molar-refractivity contribution >= 4 is 11.9 Å². The van der Waals surface area contributed by atoms with E-state index in [9.17, 15) is 4.79 Å². The maximum absolute atomic E-state index is 11.2. The van der Waals surface area contributed by atoms with Crippen molar-refractivity contribution in [1.82, 2.24) is 15.1 Å². The van der Waals surface area contributed by atoms with Crippen LogP contribution in [0.2, 0.25) is 0 Å². The molecule has 2 aromatic heterocycles. The van der Waals surface area contributed by atoms with Crippen LogP contribution in [0.5, 0.6) is 0 Å². The van der Waals surface area contributed by atoms with E-state index in [1.54, 1.807) is 12.4 Å². The monoisotopic (exact) mass is 299 g/mol. The summed E-state index contributed by atoms with van der Waals surface area (Å²) in [4.78, 5) is 22.1. The van der Waals surface area contributed by atoms with Crippen molar-refractivity contribution in [2.75, 3.05) is 18.0 Å². The zero-order valence-corrected chi connectivity index (χ0v) is 12.1. The first-order valence-corrected chi connectivity index (χ1v) is 7.49. The summed E-state index contributed by atoms with van der Waals surface area (Å²) in [7, 11) is 0. The fourth-order valence-electron chi connectivity index (χ4n) is 3.66. The molecule has 1 aliphatic heterocycles. The number of fused-ring (bicyclic) bond motifs is 1. The number of anilines is 1. The maximum Gasteiger partial charge on any atom is 0.271 e. The van der Waals surface area contributed by atoms with Crippen molar-refractivity contribution in [3.05, 3.63) is 36.0 Å². The average Bonchev–Trinajstić information content (AvgIpc) is 2.94. The van der Waals surface area contributed by atoms with Gasteiger partial charge in [-0.15, -0.1) is 0 Å². The Morgan fingerprint density at radius 1 is 1.32 bits per heavy atom. The van der Waals surface area contributed by atoms with Crippen LogP contribution in [-0.2, 0) is 6.42 Å². The molecule has 1 saturated carbocycles. The number of amides is 1. The highest BCUT2D eigenvalue weighted by molar-refractivity contribution is 5.91. The molecule has 0 radical (unpaired) electrons. The zero-order valence-electron chi connectivity index (χ0n) is 12.1. The van der Waals surface area contributed by atoms with Gasteiger partial charge < -0.3 is 15.2 Å². The molecular weight excluding hydrogens is 282 g/mol. The number of hydrogen-bond acceptors (Lipinski definition) is 6. The van der Waals surface area contributed by atoms with Crippen LogP contribution in [-0.4, -0.2) is 34.1 Å². The summed E-state index contributed by atoms with van der Waals surface area (Å²) in [6.07, 6.45) is 6.92. The second kappa shape index (κ2) is 5.08. The summed E-state index contributed by atoms with van der Waals surface area (Å²) >= 11 is 0. The minimum absolute atomic E-state index is 0.269. The van der Waals surface area contributed by atoms with Crippen LogP contribution >= 0.6 is 0 Å². The zero-order chi connectivity index (χ0) is 15.1. The number of aryl methyl sites for hydroxylation is 1. The first kappa shape index (κ1) is 13.2. The normalized spacial score (nSPS) is 26.0. The van der Waals surface area contributed by atoms with Gasteiger partial charge in [0.25, 0.3) is 5.91 Å². The first-order valence-electron chi connectivity index (χ1n) is 7.49. The van der Waals surface area contributed by atoms with Gasteiger partial charge in [-0.05, 0) is 36.7 Å². The number of nitrogens with two attached hydrogens (primary N) is 1. The Labute approximate surface area is 127 Å². The first-order chi connectivity index (χ1) is 10.7. The number of carbonyl (C=O) groups excluding carboxylic acids is 1. The third kappa shape index (κ3) is 2.22. The molecule has 2 fully saturated rings. The van der Waals surface area contributed by atoms with Crippen LogP contribution in [0.1, 0.15) is 22.5 Å². The largest absolute Gasteiger partial charge is 0.364 e. The molecule has 1 aliphatic carbocycles. The molecule has 0 spiro atoms. The summed E-state index contributed by atoms with van der Waals surface area (Å²) in [6, 6.07) is 1.83. The summed E-state index contributed by atoms with van der Waals surface area (Å²) in [5.41, 5.74) is 6.36. The van der Waals surface area contributed by atoms with Crippen LogP contribution < -0.4 is 10.6 Å². The fraction of sp³-hybridized carbons (Fsp3) is 0.467. The molecule has 1 saturated heterocycles. The molecule has 22 heavy (non-hydrogen) atoms. The molecule has 2 N–H and O–H groups in total. The standard InChI is InChI=1S/C15H17N5O2/c16-14(21)13-9(8-22-19-13)2-3-10-11-6-20(7-12(10)11)15-17-4-1-5-18-15/h1,4-5,8,10-12H,2-3,6-7H2,(H2,16,21). The lowest BCUT2D eigenvalue weighted by atomic mass is 10.1. The Balaban J connectivity index is 1.32. The van der Waals surface area contributed by atoms with Gasteiger partial charge in [0.05, 0.1) is 0 Å². The molecule has 0 aromatic carbocycles. The van der Waals surface area contributed by atoms with E-state index in [2.05, 4.69) is 20.0 Å². The van der Waals surface area contributed by atoms with E-state index in [-0.39, 0.29) is 5.69 Å². The molecule has 7 nitrogen and oxygen atoms in total.